The van der Waals surface area contributed by atoms with Crippen LogP contribution in [0.25, 0.3) is 0 Å². The van der Waals surface area contributed by atoms with Gasteiger partial charge in [0.1, 0.15) is 18.1 Å². The van der Waals surface area contributed by atoms with Crippen LogP contribution < -0.4 is 19.8 Å². The number of carbonyl (C=O) groups is 2. The minimum Gasteiger partial charge on any atom is -0.484 e. The zero-order valence-electron chi connectivity index (χ0n) is 23.0. The third-order valence-electron chi connectivity index (χ3n) is 6.00. The number of hydrazone groups is 1. The van der Waals surface area contributed by atoms with Crippen molar-refractivity contribution in [2.45, 2.75) is 18.7 Å². The molecule has 0 fully saturated rings. The number of ether oxygens (including phenoxy) is 1. The molecule has 0 bridgehead atoms. The highest BCUT2D eigenvalue weighted by atomic mass is 32.2. The standard InChI is InChI=1S/C31H29FN4O5S/c1-22-3-11-26(12-4-22)34-31(38)21-41-28-15-7-24(8-16-28)19-33-35-30(37)20-36(27-13-9-25(32)10-14-27)42(39,40)29-17-5-23(2)6-18-29/h3-19H,20-21H2,1-2H3,(H,34,38)(H,35,37)/b33-19+. The molecule has 0 atom stereocenters. The van der Waals surface area contributed by atoms with E-state index in [4.69, 9.17) is 4.74 Å². The van der Waals surface area contributed by atoms with Gasteiger partial charge >= 0.3 is 0 Å². The molecule has 0 saturated carbocycles. The zero-order chi connectivity index (χ0) is 30.1. The molecule has 0 aromatic heterocycles. The Morgan fingerprint density at radius 3 is 2.05 bits per heavy atom. The molecule has 0 aliphatic carbocycles. The molecule has 216 valence electrons. The summed E-state index contributed by atoms with van der Waals surface area (Å²) in [6.07, 6.45) is 1.38. The van der Waals surface area contributed by atoms with Gasteiger partial charge in [-0.05, 0) is 92.2 Å². The second-order valence-electron chi connectivity index (χ2n) is 9.37. The van der Waals surface area contributed by atoms with Gasteiger partial charge in [0.15, 0.2) is 6.61 Å². The number of halogens is 1. The van der Waals surface area contributed by atoms with Gasteiger partial charge in [-0.1, -0.05) is 35.4 Å². The summed E-state index contributed by atoms with van der Waals surface area (Å²) in [4.78, 5) is 24.8. The highest BCUT2D eigenvalue weighted by Crippen LogP contribution is 2.24. The number of hydrogen-bond acceptors (Lipinski definition) is 6. The molecule has 0 unspecified atom stereocenters. The number of anilines is 2. The molecule has 4 aromatic rings. The Hall–Kier alpha value is -5.03. The van der Waals surface area contributed by atoms with Crippen LogP contribution in [-0.2, 0) is 19.6 Å². The lowest BCUT2D eigenvalue weighted by Crippen LogP contribution is -2.39. The van der Waals surface area contributed by atoms with E-state index in [9.17, 15) is 22.4 Å². The van der Waals surface area contributed by atoms with E-state index in [1.165, 1.54) is 30.5 Å². The van der Waals surface area contributed by atoms with Crippen molar-refractivity contribution in [3.05, 3.63) is 120 Å². The molecule has 9 nitrogen and oxygen atoms in total. The molecular formula is C31H29FN4O5S. The predicted octanol–water partition coefficient (Wildman–Crippen LogP) is 4.81. The minimum atomic E-state index is -4.14. The Labute approximate surface area is 243 Å². The number of nitrogens with zero attached hydrogens (tertiary/aromatic N) is 2. The number of hydrogen-bond donors (Lipinski definition) is 2. The third kappa shape index (κ3) is 8.24. The molecular weight excluding hydrogens is 559 g/mol. The first-order chi connectivity index (χ1) is 20.1. The van der Waals surface area contributed by atoms with Crippen molar-refractivity contribution >= 4 is 39.4 Å². The van der Waals surface area contributed by atoms with Crippen LogP contribution in [0.4, 0.5) is 15.8 Å². The average Bonchev–Trinajstić information content (AvgIpc) is 2.97. The molecule has 0 spiro atoms. The molecule has 2 N–H and O–H groups in total. The molecule has 0 aliphatic heterocycles. The molecule has 42 heavy (non-hydrogen) atoms. The highest BCUT2D eigenvalue weighted by molar-refractivity contribution is 7.92. The second kappa shape index (κ2) is 13.6. The van der Waals surface area contributed by atoms with Crippen molar-refractivity contribution in [1.82, 2.24) is 5.43 Å². The van der Waals surface area contributed by atoms with Crippen LogP contribution in [0, 0.1) is 19.7 Å². The maximum Gasteiger partial charge on any atom is 0.264 e. The fraction of sp³-hybridized carbons (Fsp3) is 0.129. The number of rotatable bonds is 11. The number of sulfonamides is 1. The molecule has 4 rings (SSSR count). The summed E-state index contributed by atoms with van der Waals surface area (Å²) in [6, 6.07) is 25.1. The summed E-state index contributed by atoms with van der Waals surface area (Å²) < 4.78 is 46.7. The van der Waals surface area contributed by atoms with Crippen molar-refractivity contribution in [3.63, 3.8) is 0 Å². The maximum absolute atomic E-state index is 13.5. The SMILES string of the molecule is Cc1ccc(NC(=O)COc2ccc(/C=N/NC(=O)CN(c3ccc(F)cc3)S(=O)(=O)c3ccc(C)cc3)cc2)cc1. The van der Waals surface area contributed by atoms with E-state index < -0.39 is 28.3 Å². The van der Waals surface area contributed by atoms with Crippen molar-refractivity contribution in [2.75, 3.05) is 22.8 Å². The van der Waals surface area contributed by atoms with E-state index in [-0.39, 0.29) is 23.1 Å². The van der Waals surface area contributed by atoms with Gasteiger partial charge in [-0.15, -0.1) is 0 Å². The van der Waals surface area contributed by atoms with Gasteiger partial charge in [-0.3, -0.25) is 13.9 Å². The van der Waals surface area contributed by atoms with Gasteiger partial charge in [-0.2, -0.15) is 5.10 Å². The van der Waals surface area contributed by atoms with Gasteiger partial charge in [0.05, 0.1) is 16.8 Å². The normalized spacial score (nSPS) is 11.2. The van der Waals surface area contributed by atoms with Crippen LogP contribution in [0.15, 0.2) is 107 Å². The fourth-order valence-corrected chi connectivity index (χ4v) is 5.16. The number of carbonyl (C=O) groups excluding carboxylic acids is 2. The first-order valence-electron chi connectivity index (χ1n) is 12.9. The van der Waals surface area contributed by atoms with Gasteiger partial charge < -0.3 is 10.1 Å². The van der Waals surface area contributed by atoms with Crippen LogP contribution in [0.2, 0.25) is 0 Å². The largest absolute Gasteiger partial charge is 0.484 e. The van der Waals surface area contributed by atoms with Gasteiger partial charge in [0.25, 0.3) is 21.8 Å². The Bertz CT molecular complexity index is 1660. The van der Waals surface area contributed by atoms with E-state index in [1.54, 1.807) is 36.4 Å². The van der Waals surface area contributed by atoms with Crippen LogP contribution in [0.3, 0.4) is 0 Å². The maximum atomic E-state index is 13.5. The molecule has 0 heterocycles. The van der Waals surface area contributed by atoms with Crippen molar-refractivity contribution < 1.29 is 27.1 Å². The van der Waals surface area contributed by atoms with E-state index >= 15 is 0 Å². The lowest BCUT2D eigenvalue weighted by Gasteiger charge is -2.23. The Morgan fingerprint density at radius 1 is 0.833 bits per heavy atom. The lowest BCUT2D eigenvalue weighted by atomic mass is 10.2. The van der Waals surface area contributed by atoms with E-state index in [2.05, 4.69) is 15.8 Å². The van der Waals surface area contributed by atoms with Crippen LogP contribution >= 0.6 is 0 Å². The smallest absolute Gasteiger partial charge is 0.264 e. The quantitative estimate of drug-likeness (QED) is 0.193. The Kier molecular flexibility index (Phi) is 9.66. The molecule has 2 amide bonds. The van der Waals surface area contributed by atoms with Crippen LogP contribution in [0.5, 0.6) is 5.75 Å². The zero-order valence-corrected chi connectivity index (χ0v) is 23.8. The topological polar surface area (TPSA) is 117 Å². The molecule has 0 saturated heterocycles. The van der Waals surface area contributed by atoms with Gasteiger partial charge in [0.2, 0.25) is 0 Å². The first kappa shape index (κ1) is 29.9. The van der Waals surface area contributed by atoms with E-state index in [1.807, 2.05) is 38.1 Å². The van der Waals surface area contributed by atoms with Crippen molar-refractivity contribution in [2.24, 2.45) is 5.10 Å². The summed E-state index contributed by atoms with van der Waals surface area (Å²) in [6.45, 7) is 3.03. The van der Waals surface area contributed by atoms with Crippen LogP contribution in [-0.4, -0.2) is 39.6 Å². The number of nitrogens with one attached hydrogen (secondary N) is 2. The number of amides is 2. The number of benzene rings is 4. The number of aryl methyl sites for hydroxylation is 2. The summed E-state index contributed by atoms with van der Waals surface area (Å²) in [5.41, 5.74) is 5.71. The monoisotopic (exact) mass is 588 g/mol. The lowest BCUT2D eigenvalue weighted by molar-refractivity contribution is -0.119. The average molecular weight is 589 g/mol. The summed E-state index contributed by atoms with van der Waals surface area (Å²) in [5, 5.41) is 6.67. The minimum absolute atomic E-state index is 0.0105. The molecule has 0 radical (unpaired) electrons. The first-order valence-corrected chi connectivity index (χ1v) is 14.3. The van der Waals surface area contributed by atoms with Crippen molar-refractivity contribution in [1.29, 1.82) is 0 Å². The van der Waals surface area contributed by atoms with Gasteiger partial charge in [-0.25, -0.2) is 18.2 Å². The van der Waals surface area contributed by atoms with Crippen molar-refractivity contribution in [3.8, 4) is 5.75 Å². The predicted molar refractivity (Wildman–Crippen MR) is 160 cm³/mol. The van der Waals surface area contributed by atoms with E-state index in [0.29, 0.717) is 17.0 Å². The molecule has 4 aromatic carbocycles. The van der Waals surface area contributed by atoms with E-state index in [0.717, 1.165) is 27.6 Å². The Balaban J connectivity index is 1.34. The van der Waals surface area contributed by atoms with Gasteiger partial charge in [0, 0.05) is 5.69 Å². The Morgan fingerprint density at radius 2 is 1.43 bits per heavy atom. The van der Waals surface area contributed by atoms with Crippen LogP contribution in [0.1, 0.15) is 16.7 Å². The highest BCUT2D eigenvalue weighted by Gasteiger charge is 2.27. The second-order valence-corrected chi connectivity index (χ2v) is 11.2. The summed E-state index contributed by atoms with van der Waals surface area (Å²) in [7, 11) is -4.14. The molecule has 0 aliphatic rings. The fourth-order valence-electron chi connectivity index (χ4n) is 3.74. The summed E-state index contributed by atoms with van der Waals surface area (Å²) in [5.74, 6) is -1.08. The molecule has 11 heteroatoms. The third-order valence-corrected chi connectivity index (χ3v) is 7.79. The summed E-state index contributed by atoms with van der Waals surface area (Å²) >= 11 is 0.